The van der Waals surface area contributed by atoms with E-state index in [0.717, 1.165) is 11.9 Å². The van der Waals surface area contributed by atoms with Gasteiger partial charge in [0.25, 0.3) is 5.91 Å². The van der Waals surface area contributed by atoms with Crippen LogP contribution in [0.1, 0.15) is 27.0 Å². The second kappa shape index (κ2) is 8.13. The molecule has 3 rings (SSSR count). The van der Waals surface area contributed by atoms with E-state index < -0.39 is 35.0 Å². The zero-order chi connectivity index (χ0) is 23.8. The summed E-state index contributed by atoms with van der Waals surface area (Å²) in [7, 11) is 1.16. The molecule has 1 aromatic heterocycles. The van der Waals surface area contributed by atoms with Crippen LogP contribution in [-0.4, -0.2) is 22.9 Å². The maximum atomic E-state index is 13.1. The van der Waals surface area contributed by atoms with Gasteiger partial charge in [-0.15, -0.1) is 0 Å². The number of halogens is 6. The molecule has 0 radical (unpaired) electrons. The molecule has 168 valence electrons. The number of aryl methyl sites for hydroxylation is 1. The van der Waals surface area contributed by atoms with Crippen molar-refractivity contribution in [1.29, 1.82) is 0 Å². The van der Waals surface area contributed by atoms with Gasteiger partial charge in [-0.25, -0.2) is 9.97 Å². The molecule has 0 bridgehead atoms. The standard InChI is InChI=1S/C21H16F6N4O/c1-11-10-29-19(30-17(11)12-3-5-16(28)6-4-12)31(2)18(32)13-7-14(20(22,23)24)9-15(8-13)21(25,26)27/h3-10H,28H2,1-2H3. The van der Waals surface area contributed by atoms with Crippen LogP contribution >= 0.6 is 0 Å². The average molecular weight is 454 g/mol. The summed E-state index contributed by atoms with van der Waals surface area (Å²) in [6.07, 6.45) is -8.75. The Morgan fingerprint density at radius 1 is 0.938 bits per heavy atom. The molecule has 2 N–H and O–H groups in total. The molecule has 0 aliphatic carbocycles. The number of aromatic nitrogens is 2. The third kappa shape index (κ3) is 4.82. The molecule has 0 aliphatic rings. The number of nitrogens with zero attached hydrogens (tertiary/aromatic N) is 3. The maximum absolute atomic E-state index is 13.1. The third-order valence-electron chi connectivity index (χ3n) is 4.58. The van der Waals surface area contributed by atoms with Gasteiger partial charge in [0, 0.05) is 30.1 Å². The van der Waals surface area contributed by atoms with Gasteiger partial charge in [0.05, 0.1) is 16.8 Å². The predicted octanol–water partition coefficient (Wildman–Crippen LogP) is 5.35. The van der Waals surface area contributed by atoms with Gasteiger partial charge in [-0.05, 0) is 42.8 Å². The van der Waals surface area contributed by atoms with E-state index in [-0.39, 0.29) is 12.0 Å². The number of hydrogen-bond acceptors (Lipinski definition) is 4. The van der Waals surface area contributed by atoms with Gasteiger partial charge in [-0.2, -0.15) is 26.3 Å². The Balaban J connectivity index is 2.03. The number of hydrogen-bond donors (Lipinski definition) is 1. The minimum absolute atomic E-state index is 0.0433. The second-order valence-corrected chi connectivity index (χ2v) is 6.98. The smallest absolute Gasteiger partial charge is 0.399 e. The first-order valence-electron chi connectivity index (χ1n) is 9.04. The molecule has 0 saturated heterocycles. The lowest BCUT2D eigenvalue weighted by Gasteiger charge is -2.19. The van der Waals surface area contributed by atoms with Gasteiger partial charge in [0.2, 0.25) is 5.95 Å². The quantitative estimate of drug-likeness (QED) is 0.428. The molecule has 5 nitrogen and oxygen atoms in total. The Kier molecular flexibility index (Phi) is 5.86. The van der Waals surface area contributed by atoms with Crippen molar-refractivity contribution in [2.24, 2.45) is 0 Å². The van der Waals surface area contributed by atoms with Crippen LogP contribution in [-0.2, 0) is 12.4 Å². The highest BCUT2D eigenvalue weighted by atomic mass is 19.4. The Bertz CT molecular complexity index is 1120. The Morgan fingerprint density at radius 3 is 1.97 bits per heavy atom. The summed E-state index contributed by atoms with van der Waals surface area (Å²) in [6.45, 7) is 1.71. The van der Waals surface area contributed by atoms with Crippen molar-refractivity contribution < 1.29 is 31.1 Å². The van der Waals surface area contributed by atoms with E-state index in [4.69, 9.17) is 5.73 Å². The lowest BCUT2D eigenvalue weighted by Crippen LogP contribution is -2.29. The molecule has 0 saturated carbocycles. The van der Waals surface area contributed by atoms with Crippen molar-refractivity contribution in [2.45, 2.75) is 19.3 Å². The largest absolute Gasteiger partial charge is 0.416 e. The van der Waals surface area contributed by atoms with Crippen LogP contribution in [0.25, 0.3) is 11.3 Å². The molecule has 0 unspecified atom stereocenters. The summed E-state index contributed by atoms with van der Waals surface area (Å²) in [5.74, 6) is -1.33. The third-order valence-corrected chi connectivity index (χ3v) is 4.58. The van der Waals surface area contributed by atoms with Crippen molar-refractivity contribution in [3.05, 3.63) is 70.9 Å². The summed E-state index contributed by atoms with van der Waals surface area (Å²) in [5.41, 5.74) is 3.91. The van der Waals surface area contributed by atoms with Crippen LogP contribution in [0.15, 0.2) is 48.7 Å². The Hall–Kier alpha value is -3.63. The molecular weight excluding hydrogens is 438 g/mol. The fraction of sp³-hybridized carbons (Fsp3) is 0.190. The van der Waals surface area contributed by atoms with Gasteiger partial charge in [0.1, 0.15) is 0 Å². The lowest BCUT2D eigenvalue weighted by molar-refractivity contribution is -0.143. The number of anilines is 2. The molecule has 0 fully saturated rings. The van der Waals surface area contributed by atoms with Crippen molar-refractivity contribution in [3.8, 4) is 11.3 Å². The minimum Gasteiger partial charge on any atom is -0.399 e. The van der Waals surface area contributed by atoms with Gasteiger partial charge in [-0.3, -0.25) is 9.69 Å². The number of nitrogen functional groups attached to an aromatic ring is 1. The predicted molar refractivity (Wildman–Crippen MR) is 106 cm³/mol. The van der Waals surface area contributed by atoms with Crippen LogP contribution in [0.3, 0.4) is 0 Å². The zero-order valence-electron chi connectivity index (χ0n) is 16.7. The molecule has 1 heterocycles. The van der Waals surface area contributed by atoms with Gasteiger partial charge in [-0.1, -0.05) is 12.1 Å². The summed E-state index contributed by atoms with van der Waals surface area (Å²) in [4.78, 5) is 21.8. The summed E-state index contributed by atoms with van der Waals surface area (Å²) >= 11 is 0. The lowest BCUT2D eigenvalue weighted by atomic mass is 10.0. The summed E-state index contributed by atoms with van der Waals surface area (Å²) < 4.78 is 78.7. The van der Waals surface area contributed by atoms with E-state index in [1.165, 1.54) is 6.20 Å². The average Bonchev–Trinajstić information content (AvgIpc) is 2.72. The molecule has 1 amide bonds. The number of carbonyl (C=O) groups excluding carboxylic acids is 1. The number of benzene rings is 2. The number of rotatable bonds is 3. The van der Waals surface area contributed by atoms with Crippen LogP contribution in [0.4, 0.5) is 38.0 Å². The topological polar surface area (TPSA) is 72.1 Å². The van der Waals surface area contributed by atoms with Crippen LogP contribution in [0.5, 0.6) is 0 Å². The highest BCUT2D eigenvalue weighted by Crippen LogP contribution is 2.36. The first-order chi connectivity index (χ1) is 14.8. The highest BCUT2D eigenvalue weighted by molar-refractivity contribution is 6.05. The van der Waals surface area contributed by atoms with E-state index in [1.807, 2.05) is 0 Å². The fourth-order valence-corrected chi connectivity index (χ4v) is 2.89. The van der Waals surface area contributed by atoms with Crippen molar-refractivity contribution in [2.75, 3.05) is 17.7 Å². The molecule has 3 aromatic rings. The number of alkyl halides is 6. The van der Waals surface area contributed by atoms with E-state index in [2.05, 4.69) is 9.97 Å². The molecule has 0 aliphatic heterocycles. The maximum Gasteiger partial charge on any atom is 0.416 e. The molecule has 32 heavy (non-hydrogen) atoms. The van der Waals surface area contributed by atoms with Gasteiger partial charge >= 0.3 is 12.4 Å². The van der Waals surface area contributed by atoms with Gasteiger partial charge in [0.15, 0.2) is 0 Å². The van der Waals surface area contributed by atoms with E-state index in [0.29, 0.717) is 34.6 Å². The first-order valence-corrected chi connectivity index (χ1v) is 9.04. The Morgan fingerprint density at radius 2 is 1.47 bits per heavy atom. The van der Waals surface area contributed by atoms with Crippen LogP contribution < -0.4 is 10.6 Å². The van der Waals surface area contributed by atoms with E-state index in [1.54, 1.807) is 31.2 Å². The molecule has 2 aromatic carbocycles. The zero-order valence-corrected chi connectivity index (χ0v) is 16.7. The minimum atomic E-state index is -5.07. The highest BCUT2D eigenvalue weighted by Gasteiger charge is 2.38. The van der Waals surface area contributed by atoms with E-state index in [9.17, 15) is 31.1 Å². The van der Waals surface area contributed by atoms with Crippen molar-refractivity contribution in [1.82, 2.24) is 9.97 Å². The number of amides is 1. The summed E-state index contributed by atoms with van der Waals surface area (Å²) in [5, 5.41) is 0. The van der Waals surface area contributed by atoms with Gasteiger partial charge < -0.3 is 5.73 Å². The number of nitrogens with two attached hydrogens (primary N) is 1. The molecule has 0 atom stereocenters. The monoisotopic (exact) mass is 454 g/mol. The van der Waals surface area contributed by atoms with Crippen LogP contribution in [0.2, 0.25) is 0 Å². The number of carbonyl (C=O) groups is 1. The van der Waals surface area contributed by atoms with Crippen LogP contribution in [0, 0.1) is 6.92 Å². The van der Waals surface area contributed by atoms with Crippen molar-refractivity contribution >= 4 is 17.5 Å². The second-order valence-electron chi connectivity index (χ2n) is 6.98. The SMILES string of the molecule is Cc1cnc(N(C)C(=O)c2cc(C(F)(F)F)cc(C(F)(F)F)c2)nc1-c1ccc(N)cc1. The molecule has 11 heteroatoms. The molecule has 0 spiro atoms. The Labute approximate surface area is 178 Å². The fourth-order valence-electron chi connectivity index (χ4n) is 2.89. The normalized spacial score (nSPS) is 12.0. The first kappa shape index (κ1) is 23.0. The van der Waals surface area contributed by atoms with Crippen molar-refractivity contribution in [3.63, 3.8) is 0 Å². The van der Waals surface area contributed by atoms with E-state index >= 15 is 0 Å². The summed E-state index contributed by atoms with van der Waals surface area (Å²) in [6, 6.07) is 7.31. The molecular formula is C21H16F6N4O.